The van der Waals surface area contributed by atoms with E-state index in [1.165, 1.54) is 11.3 Å². The van der Waals surface area contributed by atoms with Crippen LogP contribution < -0.4 is 0 Å². The average Bonchev–Trinajstić information content (AvgIpc) is 2.31. The molecular formula is C7H6ClNOS. The minimum absolute atomic E-state index is 0.204. The maximum absolute atomic E-state index is 11.2. The number of hydrogen-bond acceptors (Lipinski definition) is 3. The number of hydrogen-bond donors (Lipinski definition) is 0. The van der Waals surface area contributed by atoms with E-state index in [2.05, 4.69) is 4.98 Å². The molecule has 0 fully saturated rings. The van der Waals surface area contributed by atoms with E-state index in [1.807, 2.05) is 0 Å². The first-order valence-corrected chi connectivity index (χ1v) is 4.65. The van der Waals surface area contributed by atoms with Crippen LogP contribution in [0.1, 0.15) is 28.2 Å². The third-order valence-corrected chi connectivity index (χ3v) is 2.99. The van der Waals surface area contributed by atoms with E-state index in [1.54, 1.807) is 0 Å². The fourth-order valence-electron chi connectivity index (χ4n) is 1.24. The van der Waals surface area contributed by atoms with E-state index < -0.39 is 0 Å². The van der Waals surface area contributed by atoms with Crippen molar-refractivity contribution in [1.82, 2.24) is 4.98 Å². The molecule has 0 N–H and O–H groups in total. The summed E-state index contributed by atoms with van der Waals surface area (Å²) in [6.07, 6.45) is 2.49. The van der Waals surface area contributed by atoms with E-state index in [-0.39, 0.29) is 5.78 Å². The van der Waals surface area contributed by atoms with Gasteiger partial charge >= 0.3 is 0 Å². The number of rotatable bonds is 0. The lowest BCUT2D eigenvalue weighted by Crippen LogP contribution is -2.07. The molecule has 4 heteroatoms. The molecule has 1 aliphatic carbocycles. The Labute approximate surface area is 73.2 Å². The van der Waals surface area contributed by atoms with Gasteiger partial charge in [-0.15, -0.1) is 0 Å². The number of halogens is 1. The monoisotopic (exact) mass is 187 g/mol. The highest BCUT2D eigenvalue weighted by Crippen LogP contribution is 2.28. The van der Waals surface area contributed by atoms with Gasteiger partial charge in [0.2, 0.25) is 0 Å². The third kappa shape index (κ3) is 1.19. The molecular weight excluding hydrogens is 182 g/mol. The summed E-state index contributed by atoms with van der Waals surface area (Å²) in [5, 5.41) is 0. The predicted octanol–water partition coefficient (Wildman–Crippen LogP) is 2.32. The van der Waals surface area contributed by atoms with E-state index in [9.17, 15) is 4.79 Å². The molecule has 2 nitrogen and oxygen atoms in total. The van der Waals surface area contributed by atoms with Crippen LogP contribution in [0.3, 0.4) is 0 Å². The number of carbonyl (C=O) groups excluding carboxylic acids is 1. The number of nitrogens with zero attached hydrogens (tertiary/aromatic N) is 1. The molecule has 0 radical (unpaired) electrons. The molecule has 0 unspecified atom stereocenters. The van der Waals surface area contributed by atoms with Crippen molar-refractivity contribution in [3.8, 4) is 0 Å². The summed E-state index contributed by atoms with van der Waals surface area (Å²) in [4.78, 5) is 16.1. The first-order chi connectivity index (χ1) is 5.27. The zero-order chi connectivity index (χ0) is 7.84. The van der Waals surface area contributed by atoms with Crippen molar-refractivity contribution in [2.24, 2.45) is 0 Å². The number of Topliss-reactive ketones (excluding diaryl/α,β-unsaturated/α-hetero) is 1. The molecule has 0 saturated carbocycles. The van der Waals surface area contributed by atoms with Crippen LogP contribution in [0.5, 0.6) is 0 Å². The highest BCUT2D eigenvalue weighted by Gasteiger charge is 2.21. The Kier molecular flexibility index (Phi) is 1.69. The van der Waals surface area contributed by atoms with Gasteiger partial charge in [-0.2, -0.15) is 0 Å². The molecule has 2 rings (SSSR count). The van der Waals surface area contributed by atoms with Crippen molar-refractivity contribution in [1.29, 1.82) is 0 Å². The Hall–Kier alpha value is -0.410. The SMILES string of the molecule is O=C1CCCc2nc(Cl)sc21. The lowest BCUT2D eigenvalue weighted by atomic mass is 10.0. The van der Waals surface area contributed by atoms with Crippen LogP contribution in [0.2, 0.25) is 4.47 Å². The van der Waals surface area contributed by atoms with Gasteiger partial charge < -0.3 is 0 Å². The molecule has 1 aromatic rings. The zero-order valence-electron chi connectivity index (χ0n) is 5.76. The van der Waals surface area contributed by atoms with Gasteiger partial charge in [-0.05, 0) is 12.8 Å². The number of ketones is 1. The first-order valence-electron chi connectivity index (χ1n) is 3.46. The molecule has 0 atom stereocenters. The van der Waals surface area contributed by atoms with Crippen molar-refractivity contribution in [2.75, 3.05) is 0 Å². The van der Waals surface area contributed by atoms with Gasteiger partial charge in [0, 0.05) is 6.42 Å². The summed E-state index contributed by atoms with van der Waals surface area (Å²) in [5.41, 5.74) is 0.899. The third-order valence-electron chi connectivity index (χ3n) is 1.74. The zero-order valence-corrected chi connectivity index (χ0v) is 7.34. The van der Waals surface area contributed by atoms with Crippen molar-refractivity contribution in [2.45, 2.75) is 19.3 Å². The van der Waals surface area contributed by atoms with E-state index in [4.69, 9.17) is 11.6 Å². The van der Waals surface area contributed by atoms with Gasteiger partial charge in [-0.1, -0.05) is 22.9 Å². The number of aromatic nitrogens is 1. The second kappa shape index (κ2) is 2.57. The van der Waals surface area contributed by atoms with Crippen molar-refractivity contribution < 1.29 is 4.79 Å². The molecule has 58 valence electrons. The molecule has 1 aliphatic rings. The standard InChI is InChI=1S/C7H6ClNOS/c8-7-9-4-2-1-3-5(10)6(4)11-7/h1-3H2. The Morgan fingerprint density at radius 1 is 1.45 bits per heavy atom. The summed E-state index contributed by atoms with van der Waals surface area (Å²) in [6.45, 7) is 0. The van der Waals surface area contributed by atoms with Crippen LogP contribution in [0, 0.1) is 0 Å². The molecule has 11 heavy (non-hydrogen) atoms. The Balaban J connectivity index is 2.52. The first kappa shape index (κ1) is 7.25. The van der Waals surface area contributed by atoms with Crippen LogP contribution in [-0.4, -0.2) is 10.8 Å². The van der Waals surface area contributed by atoms with E-state index in [0.29, 0.717) is 10.9 Å². The minimum Gasteiger partial charge on any atom is -0.293 e. The second-order valence-corrected chi connectivity index (χ2v) is 4.10. The molecule has 0 spiro atoms. The normalized spacial score (nSPS) is 16.6. The number of carbonyl (C=O) groups is 1. The second-order valence-electron chi connectivity index (χ2n) is 2.52. The lowest BCUT2D eigenvalue weighted by molar-refractivity contribution is 0.0976. The van der Waals surface area contributed by atoms with Gasteiger partial charge in [0.25, 0.3) is 0 Å². The topological polar surface area (TPSA) is 30.0 Å². The summed E-state index contributed by atoms with van der Waals surface area (Å²) in [7, 11) is 0. The van der Waals surface area contributed by atoms with Gasteiger partial charge in [0.1, 0.15) is 0 Å². The Morgan fingerprint density at radius 3 is 3.00 bits per heavy atom. The predicted molar refractivity (Wildman–Crippen MR) is 44.4 cm³/mol. The Morgan fingerprint density at radius 2 is 2.27 bits per heavy atom. The minimum atomic E-state index is 0.204. The number of aryl methyl sites for hydroxylation is 1. The van der Waals surface area contributed by atoms with Crippen LogP contribution >= 0.6 is 22.9 Å². The number of thiazole rings is 1. The molecule has 0 amide bonds. The maximum atomic E-state index is 11.2. The average molecular weight is 188 g/mol. The smallest absolute Gasteiger partial charge is 0.184 e. The summed E-state index contributed by atoms with van der Waals surface area (Å²) in [5.74, 6) is 0.204. The summed E-state index contributed by atoms with van der Waals surface area (Å²) >= 11 is 6.97. The molecule has 0 bridgehead atoms. The molecule has 1 aromatic heterocycles. The molecule has 0 saturated heterocycles. The lowest BCUT2D eigenvalue weighted by Gasteiger charge is -2.05. The molecule has 0 aliphatic heterocycles. The largest absolute Gasteiger partial charge is 0.293 e. The van der Waals surface area contributed by atoms with Crippen molar-refractivity contribution in [3.05, 3.63) is 15.0 Å². The van der Waals surface area contributed by atoms with Crippen LogP contribution in [-0.2, 0) is 6.42 Å². The van der Waals surface area contributed by atoms with Gasteiger partial charge in [-0.25, -0.2) is 4.98 Å². The van der Waals surface area contributed by atoms with Crippen LogP contribution in [0.4, 0.5) is 0 Å². The fourth-order valence-corrected chi connectivity index (χ4v) is 2.38. The van der Waals surface area contributed by atoms with Gasteiger partial charge in [-0.3, -0.25) is 4.79 Å². The molecule has 1 heterocycles. The van der Waals surface area contributed by atoms with E-state index >= 15 is 0 Å². The maximum Gasteiger partial charge on any atom is 0.184 e. The van der Waals surface area contributed by atoms with Crippen molar-refractivity contribution in [3.63, 3.8) is 0 Å². The summed E-state index contributed by atoms with van der Waals surface area (Å²) in [6, 6.07) is 0. The summed E-state index contributed by atoms with van der Waals surface area (Å²) < 4.78 is 0.491. The van der Waals surface area contributed by atoms with Gasteiger partial charge in [0.05, 0.1) is 10.6 Å². The molecule has 0 aromatic carbocycles. The number of fused-ring (bicyclic) bond motifs is 1. The van der Waals surface area contributed by atoms with Gasteiger partial charge in [0.15, 0.2) is 10.3 Å². The highest BCUT2D eigenvalue weighted by molar-refractivity contribution is 7.17. The van der Waals surface area contributed by atoms with Crippen molar-refractivity contribution >= 4 is 28.7 Å². The highest BCUT2D eigenvalue weighted by atomic mass is 35.5. The quantitative estimate of drug-likeness (QED) is 0.624. The Bertz CT molecular complexity index is 307. The van der Waals surface area contributed by atoms with E-state index in [0.717, 1.165) is 23.4 Å². The van der Waals surface area contributed by atoms with Crippen LogP contribution in [0.25, 0.3) is 0 Å². The van der Waals surface area contributed by atoms with Crippen LogP contribution in [0.15, 0.2) is 0 Å². The fraction of sp³-hybridized carbons (Fsp3) is 0.429.